The van der Waals surface area contributed by atoms with E-state index in [0.29, 0.717) is 12.8 Å². The number of hydrogen-bond donors (Lipinski definition) is 6. The molecule has 0 aromatic carbocycles. The molecule has 6 N–H and O–H groups in total. The molecule has 1 aliphatic rings. The summed E-state index contributed by atoms with van der Waals surface area (Å²) >= 11 is 0. The lowest BCUT2D eigenvalue weighted by Crippen LogP contribution is -2.60. The first kappa shape index (κ1) is 54.2. The van der Waals surface area contributed by atoms with Crippen LogP contribution in [0.15, 0.2) is 0 Å². The molecule has 340 valence electrons. The van der Waals surface area contributed by atoms with E-state index in [-0.39, 0.29) is 12.5 Å². The van der Waals surface area contributed by atoms with Crippen molar-refractivity contribution >= 4 is 5.91 Å². The second-order valence-corrected chi connectivity index (χ2v) is 17.6. The first-order chi connectivity index (χ1) is 27.8. The van der Waals surface area contributed by atoms with E-state index in [1.807, 2.05) is 0 Å². The molecule has 0 aromatic rings. The molecule has 1 rings (SSSR count). The average Bonchev–Trinajstić information content (AvgIpc) is 3.21. The van der Waals surface area contributed by atoms with Gasteiger partial charge in [0.1, 0.15) is 24.4 Å². The largest absolute Gasteiger partial charge is 0.394 e. The van der Waals surface area contributed by atoms with Gasteiger partial charge < -0.3 is 40.3 Å². The maximum atomic E-state index is 13.0. The molecule has 1 aliphatic heterocycles. The number of carbonyl (C=O) groups excluding carboxylic acids is 1. The van der Waals surface area contributed by atoms with Crippen molar-refractivity contribution in [3.05, 3.63) is 0 Å². The van der Waals surface area contributed by atoms with Crippen molar-refractivity contribution < 1.29 is 39.8 Å². The summed E-state index contributed by atoms with van der Waals surface area (Å²) in [5, 5.41) is 54.4. The van der Waals surface area contributed by atoms with Crippen LogP contribution in [0.1, 0.15) is 245 Å². The highest BCUT2D eigenvalue weighted by Gasteiger charge is 2.44. The molecule has 7 atom stereocenters. The Morgan fingerprint density at radius 3 is 1.25 bits per heavy atom. The van der Waals surface area contributed by atoms with Crippen molar-refractivity contribution in [2.75, 3.05) is 13.2 Å². The topological polar surface area (TPSA) is 149 Å². The lowest BCUT2D eigenvalue weighted by atomic mass is 9.99. The smallest absolute Gasteiger partial charge is 0.220 e. The van der Waals surface area contributed by atoms with Gasteiger partial charge in [-0.1, -0.05) is 226 Å². The molecule has 0 aliphatic carbocycles. The molecular weight excluding hydrogens is 719 g/mol. The van der Waals surface area contributed by atoms with Crippen LogP contribution in [-0.2, 0) is 14.3 Å². The van der Waals surface area contributed by atoms with Gasteiger partial charge in [-0.25, -0.2) is 0 Å². The lowest BCUT2D eigenvalue weighted by molar-refractivity contribution is -0.302. The minimum Gasteiger partial charge on any atom is -0.394 e. The third kappa shape index (κ3) is 30.0. The number of carbonyl (C=O) groups is 1. The zero-order valence-electron chi connectivity index (χ0n) is 37.4. The van der Waals surface area contributed by atoms with E-state index in [0.717, 1.165) is 38.5 Å². The summed E-state index contributed by atoms with van der Waals surface area (Å²) in [6.07, 6.45) is 36.8. The Morgan fingerprint density at radius 2 is 0.877 bits per heavy atom. The summed E-state index contributed by atoms with van der Waals surface area (Å²) in [6, 6.07) is -0.711. The maximum Gasteiger partial charge on any atom is 0.220 e. The van der Waals surface area contributed by atoms with Crippen molar-refractivity contribution in [1.82, 2.24) is 5.32 Å². The second kappa shape index (κ2) is 39.3. The van der Waals surface area contributed by atoms with E-state index in [4.69, 9.17) is 9.47 Å². The van der Waals surface area contributed by atoms with Gasteiger partial charge in [0.2, 0.25) is 5.91 Å². The first-order valence-corrected chi connectivity index (χ1v) is 24.7. The Bertz CT molecular complexity index is 862. The molecule has 9 heteroatoms. The van der Waals surface area contributed by atoms with Crippen molar-refractivity contribution in [2.45, 2.75) is 288 Å². The zero-order valence-corrected chi connectivity index (χ0v) is 37.4. The standard InChI is InChI=1S/C48H95NO8/c1-3-5-7-9-11-13-15-17-18-19-20-21-22-23-24-26-28-30-32-34-36-38-44(52)49-41(40-56-48-47(55)46(54)45(53)43(39-50)57-48)42(51)37-35-33-31-29-27-25-16-14-12-10-8-6-4-2/h41-43,45-48,50-51,53-55H,3-40H2,1-2H3,(H,49,52)/t41-,42+,43+,45-,46-,47+,48?/m0/s1. The Hall–Kier alpha value is -0.810. The Labute approximate surface area is 351 Å². The van der Waals surface area contributed by atoms with Gasteiger partial charge in [0.05, 0.1) is 25.4 Å². The minimum atomic E-state index is -1.55. The van der Waals surface area contributed by atoms with Gasteiger partial charge in [-0.3, -0.25) is 4.79 Å². The molecule has 0 bridgehead atoms. The van der Waals surface area contributed by atoms with Crippen LogP contribution in [0.2, 0.25) is 0 Å². The van der Waals surface area contributed by atoms with Crippen LogP contribution >= 0.6 is 0 Å². The average molecular weight is 814 g/mol. The molecule has 9 nitrogen and oxygen atoms in total. The lowest BCUT2D eigenvalue weighted by Gasteiger charge is -2.40. The van der Waals surface area contributed by atoms with Crippen LogP contribution in [0, 0.1) is 0 Å². The maximum absolute atomic E-state index is 13.0. The Balaban J connectivity index is 2.24. The van der Waals surface area contributed by atoms with Crippen LogP contribution in [0.3, 0.4) is 0 Å². The number of aliphatic hydroxyl groups is 5. The van der Waals surface area contributed by atoms with Crippen molar-refractivity contribution in [3.8, 4) is 0 Å². The summed E-state index contributed by atoms with van der Waals surface area (Å²) in [6.45, 7) is 3.85. The third-order valence-electron chi connectivity index (χ3n) is 12.2. The normalized spacial score (nSPS) is 20.9. The predicted molar refractivity (Wildman–Crippen MR) is 235 cm³/mol. The number of amides is 1. The fraction of sp³-hybridized carbons (Fsp3) is 0.979. The van der Waals surface area contributed by atoms with Gasteiger partial charge in [0.25, 0.3) is 0 Å². The van der Waals surface area contributed by atoms with Gasteiger partial charge in [0, 0.05) is 6.42 Å². The Morgan fingerprint density at radius 1 is 0.526 bits per heavy atom. The number of rotatable bonds is 42. The molecular formula is C48H95NO8. The number of unbranched alkanes of at least 4 members (excludes halogenated alkanes) is 32. The number of nitrogens with one attached hydrogen (secondary N) is 1. The van der Waals surface area contributed by atoms with E-state index < -0.39 is 49.5 Å². The molecule has 1 unspecified atom stereocenters. The third-order valence-corrected chi connectivity index (χ3v) is 12.2. The minimum absolute atomic E-state index is 0.132. The van der Waals surface area contributed by atoms with Gasteiger partial charge in [-0.05, 0) is 12.8 Å². The zero-order chi connectivity index (χ0) is 41.6. The molecule has 0 saturated carbocycles. The quantitative estimate of drug-likeness (QED) is 0.0334. The first-order valence-electron chi connectivity index (χ1n) is 24.7. The SMILES string of the molecule is CCCCCCCCCCCCCCCCCCCCCCCC(=O)N[C@@H](COC1O[C@H](CO)[C@H](O)[C@H](O)[C@H]1O)[C@H](O)CCCCCCCCCCCCCCC. The van der Waals surface area contributed by atoms with Crippen LogP contribution in [0.25, 0.3) is 0 Å². The predicted octanol–water partition coefficient (Wildman–Crippen LogP) is 10.7. The highest BCUT2D eigenvalue weighted by Crippen LogP contribution is 2.23. The van der Waals surface area contributed by atoms with E-state index in [9.17, 15) is 30.3 Å². The monoisotopic (exact) mass is 814 g/mol. The van der Waals surface area contributed by atoms with Crippen molar-refractivity contribution in [1.29, 1.82) is 0 Å². The van der Waals surface area contributed by atoms with Crippen molar-refractivity contribution in [2.24, 2.45) is 0 Å². The summed E-state index contributed by atoms with van der Waals surface area (Å²) in [4.78, 5) is 13.0. The summed E-state index contributed by atoms with van der Waals surface area (Å²) in [5.41, 5.74) is 0. The van der Waals surface area contributed by atoms with Crippen LogP contribution in [0.5, 0.6) is 0 Å². The molecule has 1 amide bonds. The molecule has 1 fully saturated rings. The fourth-order valence-corrected chi connectivity index (χ4v) is 8.22. The van der Waals surface area contributed by atoms with E-state index in [1.165, 1.54) is 180 Å². The van der Waals surface area contributed by atoms with E-state index in [1.54, 1.807) is 0 Å². The summed E-state index contributed by atoms with van der Waals surface area (Å²) in [7, 11) is 0. The molecule has 1 saturated heterocycles. The summed E-state index contributed by atoms with van der Waals surface area (Å²) < 4.78 is 11.3. The van der Waals surface area contributed by atoms with Gasteiger partial charge >= 0.3 is 0 Å². The van der Waals surface area contributed by atoms with E-state index >= 15 is 0 Å². The highest BCUT2D eigenvalue weighted by molar-refractivity contribution is 5.76. The second-order valence-electron chi connectivity index (χ2n) is 17.6. The van der Waals surface area contributed by atoms with Crippen LogP contribution < -0.4 is 5.32 Å². The molecule has 0 aromatic heterocycles. The Kier molecular flexibility index (Phi) is 37.4. The van der Waals surface area contributed by atoms with Gasteiger partial charge in [-0.15, -0.1) is 0 Å². The van der Waals surface area contributed by atoms with Crippen LogP contribution in [0.4, 0.5) is 0 Å². The number of aliphatic hydroxyl groups excluding tert-OH is 5. The van der Waals surface area contributed by atoms with Gasteiger partial charge in [0.15, 0.2) is 6.29 Å². The summed E-state index contributed by atoms with van der Waals surface area (Å²) in [5.74, 6) is -0.139. The molecule has 0 spiro atoms. The molecule has 0 radical (unpaired) electrons. The van der Waals surface area contributed by atoms with E-state index in [2.05, 4.69) is 19.2 Å². The van der Waals surface area contributed by atoms with Crippen LogP contribution in [-0.4, -0.2) is 87.5 Å². The molecule has 57 heavy (non-hydrogen) atoms. The fourth-order valence-electron chi connectivity index (χ4n) is 8.22. The van der Waals surface area contributed by atoms with Gasteiger partial charge in [-0.2, -0.15) is 0 Å². The van der Waals surface area contributed by atoms with Crippen molar-refractivity contribution in [3.63, 3.8) is 0 Å². The molecule has 1 heterocycles. The highest BCUT2D eigenvalue weighted by atomic mass is 16.7. The number of hydrogen-bond acceptors (Lipinski definition) is 8. The number of ether oxygens (including phenoxy) is 2.